The zero-order valence-electron chi connectivity index (χ0n) is 6.61. The lowest BCUT2D eigenvalue weighted by Gasteiger charge is -1.94. The summed E-state index contributed by atoms with van der Waals surface area (Å²) in [5.41, 5.74) is 2.11. The third-order valence-electron chi connectivity index (χ3n) is 1.59. The molecule has 0 spiro atoms. The summed E-state index contributed by atoms with van der Waals surface area (Å²) < 4.78 is 4.93. The maximum Gasteiger partial charge on any atom is 0.306 e. The highest BCUT2D eigenvalue weighted by molar-refractivity contribution is 5.53. The second kappa shape index (κ2) is 2.77. The molecule has 59 valence electrons. The monoisotopic (exact) mass is 159 g/mol. The molecule has 0 saturated heterocycles. The summed E-state index contributed by atoms with van der Waals surface area (Å²) >= 11 is 0. The number of aromatic nitrogens is 2. The molecule has 0 N–H and O–H groups in total. The van der Waals surface area contributed by atoms with Crippen molar-refractivity contribution in [3.8, 4) is 11.5 Å². The van der Waals surface area contributed by atoms with Crippen LogP contribution in [0.25, 0.3) is 11.5 Å². The van der Waals surface area contributed by atoms with Crippen LogP contribution >= 0.6 is 0 Å². The van der Waals surface area contributed by atoms with Crippen LogP contribution < -0.4 is 0 Å². The van der Waals surface area contributed by atoms with Crippen molar-refractivity contribution in [2.75, 3.05) is 0 Å². The Balaban J connectivity index is 2.48. The van der Waals surface area contributed by atoms with Crippen LogP contribution in [0.4, 0.5) is 0 Å². The Morgan fingerprint density at radius 2 is 2.33 bits per heavy atom. The van der Waals surface area contributed by atoms with Crippen molar-refractivity contribution in [3.05, 3.63) is 36.2 Å². The summed E-state index contributed by atoms with van der Waals surface area (Å²) in [7, 11) is 0. The molecule has 2 rings (SSSR count). The van der Waals surface area contributed by atoms with E-state index in [2.05, 4.69) is 16.6 Å². The van der Waals surface area contributed by atoms with E-state index >= 15 is 0 Å². The molecule has 0 aliphatic carbocycles. The molecule has 0 saturated carbocycles. The Morgan fingerprint density at radius 3 is 3.00 bits per heavy atom. The van der Waals surface area contributed by atoms with Crippen molar-refractivity contribution < 1.29 is 4.42 Å². The average molecular weight is 159 g/mol. The smallest absolute Gasteiger partial charge is 0.306 e. The molecule has 3 heteroatoms. The van der Waals surface area contributed by atoms with E-state index in [0.29, 0.717) is 5.89 Å². The van der Waals surface area contributed by atoms with Crippen molar-refractivity contribution in [2.24, 2.45) is 0 Å². The maximum atomic E-state index is 4.93. The molecule has 0 amide bonds. The van der Waals surface area contributed by atoms with Crippen LogP contribution in [-0.2, 0) is 0 Å². The summed E-state index contributed by atoms with van der Waals surface area (Å²) in [6.07, 6.45) is 2.31. The van der Waals surface area contributed by atoms with Crippen molar-refractivity contribution in [1.29, 1.82) is 0 Å². The number of benzene rings is 1. The third-order valence-corrected chi connectivity index (χ3v) is 1.59. The predicted molar refractivity (Wildman–Crippen MR) is 43.3 cm³/mol. The molecular weight excluding hydrogens is 152 g/mol. The zero-order chi connectivity index (χ0) is 8.39. The van der Waals surface area contributed by atoms with Gasteiger partial charge in [0.15, 0.2) is 0 Å². The van der Waals surface area contributed by atoms with E-state index in [-0.39, 0.29) is 0 Å². The van der Waals surface area contributed by atoms with E-state index in [1.165, 1.54) is 5.56 Å². The molecule has 0 aliphatic rings. The first kappa shape index (κ1) is 7.03. The van der Waals surface area contributed by atoms with Crippen molar-refractivity contribution in [1.82, 2.24) is 10.2 Å². The molecule has 1 aromatic heterocycles. The van der Waals surface area contributed by atoms with Gasteiger partial charge >= 0.3 is 6.39 Å². The van der Waals surface area contributed by atoms with Gasteiger partial charge in [-0.15, -0.1) is 10.2 Å². The minimum atomic E-state index is 0.513. The number of nitrogens with zero attached hydrogens (tertiary/aromatic N) is 2. The fraction of sp³-hybridized carbons (Fsp3) is 0.111. The maximum absolute atomic E-state index is 4.93. The minimum absolute atomic E-state index is 0.513. The fourth-order valence-corrected chi connectivity index (χ4v) is 1.04. The number of hydrogen-bond donors (Lipinski definition) is 0. The molecule has 0 aliphatic heterocycles. The van der Waals surface area contributed by atoms with E-state index in [4.69, 9.17) is 4.42 Å². The van der Waals surface area contributed by atoms with Gasteiger partial charge in [0.1, 0.15) is 0 Å². The van der Waals surface area contributed by atoms with Crippen LogP contribution in [0.15, 0.2) is 28.7 Å². The summed E-state index contributed by atoms with van der Waals surface area (Å²) in [5, 5.41) is 7.24. The van der Waals surface area contributed by atoms with Crippen LogP contribution in [0.2, 0.25) is 0 Å². The normalized spacial score (nSPS) is 10.1. The molecule has 1 aromatic carbocycles. The Bertz CT molecular complexity index is 368. The predicted octanol–water partition coefficient (Wildman–Crippen LogP) is 1.85. The second-order valence-electron chi connectivity index (χ2n) is 2.57. The minimum Gasteiger partial charge on any atom is -0.412 e. The van der Waals surface area contributed by atoms with Crippen LogP contribution in [-0.4, -0.2) is 10.2 Å². The highest BCUT2D eigenvalue weighted by Crippen LogP contribution is 2.16. The average Bonchev–Trinajstić information content (AvgIpc) is 2.56. The van der Waals surface area contributed by atoms with Crippen LogP contribution in [0, 0.1) is 13.3 Å². The Kier molecular flexibility index (Phi) is 1.63. The highest BCUT2D eigenvalue weighted by Gasteiger charge is 2.01. The highest BCUT2D eigenvalue weighted by atomic mass is 16.4. The summed E-state index contributed by atoms with van der Waals surface area (Å²) in [6, 6.07) is 7.88. The van der Waals surface area contributed by atoms with Crippen molar-refractivity contribution >= 4 is 0 Å². The van der Waals surface area contributed by atoms with Gasteiger partial charge in [-0.3, -0.25) is 0 Å². The Morgan fingerprint density at radius 1 is 1.42 bits per heavy atom. The first-order valence-corrected chi connectivity index (χ1v) is 3.63. The molecule has 0 atom stereocenters. The van der Waals surface area contributed by atoms with Crippen LogP contribution in [0.5, 0.6) is 0 Å². The van der Waals surface area contributed by atoms with Gasteiger partial charge in [-0.2, -0.15) is 0 Å². The first-order chi connectivity index (χ1) is 5.86. The standard InChI is InChI=1S/C9H7N2O/c1-7-3-2-4-8(5-7)9-11-10-6-12-9/h2-5H,1H3. The van der Waals surface area contributed by atoms with Gasteiger partial charge in [-0.05, 0) is 19.1 Å². The number of rotatable bonds is 1. The lowest BCUT2D eigenvalue weighted by molar-refractivity contribution is 0.559. The number of hydrogen-bond acceptors (Lipinski definition) is 3. The van der Waals surface area contributed by atoms with Gasteiger partial charge in [0.25, 0.3) is 0 Å². The number of aryl methyl sites for hydroxylation is 1. The summed E-state index contributed by atoms with van der Waals surface area (Å²) in [5.74, 6) is 0.513. The van der Waals surface area contributed by atoms with Gasteiger partial charge in [-0.25, -0.2) is 0 Å². The van der Waals surface area contributed by atoms with Crippen LogP contribution in [0.3, 0.4) is 0 Å². The second-order valence-corrected chi connectivity index (χ2v) is 2.57. The van der Waals surface area contributed by atoms with Gasteiger partial charge in [0.2, 0.25) is 5.89 Å². The summed E-state index contributed by atoms with van der Waals surface area (Å²) in [4.78, 5) is 0. The van der Waals surface area contributed by atoms with Gasteiger partial charge in [0, 0.05) is 5.56 Å². The zero-order valence-corrected chi connectivity index (χ0v) is 6.61. The molecule has 2 aromatic rings. The lowest BCUT2D eigenvalue weighted by atomic mass is 10.1. The Hall–Kier alpha value is -1.64. The van der Waals surface area contributed by atoms with Gasteiger partial charge < -0.3 is 4.42 Å². The Labute approximate surface area is 70.1 Å². The molecule has 0 bridgehead atoms. The molecular formula is C9H7N2O. The van der Waals surface area contributed by atoms with Gasteiger partial charge in [-0.1, -0.05) is 17.7 Å². The molecule has 0 fully saturated rings. The van der Waals surface area contributed by atoms with E-state index in [1.54, 1.807) is 0 Å². The first-order valence-electron chi connectivity index (χ1n) is 3.63. The molecule has 1 radical (unpaired) electrons. The van der Waals surface area contributed by atoms with E-state index < -0.39 is 0 Å². The fourth-order valence-electron chi connectivity index (χ4n) is 1.04. The third kappa shape index (κ3) is 1.21. The lowest BCUT2D eigenvalue weighted by Crippen LogP contribution is -1.78. The molecule has 3 nitrogen and oxygen atoms in total. The van der Waals surface area contributed by atoms with Gasteiger partial charge in [0.05, 0.1) is 0 Å². The molecule has 1 heterocycles. The van der Waals surface area contributed by atoms with E-state index in [9.17, 15) is 0 Å². The van der Waals surface area contributed by atoms with E-state index in [0.717, 1.165) is 5.56 Å². The topological polar surface area (TPSA) is 38.9 Å². The van der Waals surface area contributed by atoms with E-state index in [1.807, 2.05) is 31.2 Å². The quantitative estimate of drug-likeness (QED) is 0.637. The van der Waals surface area contributed by atoms with Crippen LogP contribution in [0.1, 0.15) is 5.56 Å². The largest absolute Gasteiger partial charge is 0.412 e. The molecule has 0 unspecified atom stereocenters. The van der Waals surface area contributed by atoms with Crippen molar-refractivity contribution in [2.45, 2.75) is 6.92 Å². The molecule has 12 heavy (non-hydrogen) atoms. The SMILES string of the molecule is Cc1cccc(-c2nn[c]o2)c1. The summed E-state index contributed by atoms with van der Waals surface area (Å²) in [6.45, 7) is 2.02. The van der Waals surface area contributed by atoms with Crippen molar-refractivity contribution in [3.63, 3.8) is 0 Å².